The van der Waals surface area contributed by atoms with E-state index in [-0.39, 0.29) is 0 Å². The minimum atomic E-state index is 0.462. The lowest BCUT2D eigenvalue weighted by Gasteiger charge is -2.35. The standard InChI is InChI=1S/C16H24N2S/c1-11(2)14-5-3-4-6-15(14)18-13-9-7-12(8-10-13)16(17)19/h7-11,14-15,18H,3-6H2,1-2H3,(H2,17,19). The molecule has 1 aromatic carbocycles. The zero-order valence-electron chi connectivity index (χ0n) is 11.9. The lowest BCUT2D eigenvalue weighted by atomic mass is 9.78. The molecule has 0 saturated heterocycles. The van der Waals surface area contributed by atoms with Crippen LogP contribution in [-0.4, -0.2) is 11.0 Å². The van der Waals surface area contributed by atoms with Crippen LogP contribution in [0.2, 0.25) is 0 Å². The van der Waals surface area contributed by atoms with E-state index < -0.39 is 0 Å². The van der Waals surface area contributed by atoms with Gasteiger partial charge in [0.25, 0.3) is 0 Å². The SMILES string of the molecule is CC(C)C1CCCCC1Nc1ccc(C(N)=S)cc1. The first-order valence-corrected chi connectivity index (χ1v) is 7.65. The Hall–Kier alpha value is -1.09. The van der Waals surface area contributed by atoms with Crippen LogP contribution >= 0.6 is 12.2 Å². The highest BCUT2D eigenvalue weighted by molar-refractivity contribution is 7.80. The van der Waals surface area contributed by atoms with Crippen molar-refractivity contribution < 1.29 is 0 Å². The predicted octanol–water partition coefficient (Wildman–Crippen LogP) is 3.95. The van der Waals surface area contributed by atoms with Crippen LogP contribution in [0.25, 0.3) is 0 Å². The maximum atomic E-state index is 5.62. The molecule has 1 aromatic rings. The van der Waals surface area contributed by atoms with Gasteiger partial charge in [0.15, 0.2) is 0 Å². The third kappa shape index (κ3) is 3.69. The van der Waals surface area contributed by atoms with Gasteiger partial charge in [0.2, 0.25) is 0 Å². The van der Waals surface area contributed by atoms with E-state index >= 15 is 0 Å². The summed E-state index contributed by atoms with van der Waals surface area (Å²) in [7, 11) is 0. The van der Waals surface area contributed by atoms with Gasteiger partial charge in [0.05, 0.1) is 0 Å². The van der Waals surface area contributed by atoms with Gasteiger partial charge in [-0.25, -0.2) is 0 Å². The highest BCUT2D eigenvalue weighted by atomic mass is 32.1. The molecule has 1 aliphatic carbocycles. The Morgan fingerprint density at radius 1 is 1.21 bits per heavy atom. The lowest BCUT2D eigenvalue weighted by molar-refractivity contribution is 0.254. The average Bonchev–Trinajstić information content (AvgIpc) is 2.39. The fourth-order valence-electron chi connectivity index (χ4n) is 3.08. The van der Waals surface area contributed by atoms with Gasteiger partial charge < -0.3 is 11.1 Å². The third-order valence-electron chi connectivity index (χ3n) is 4.20. The number of hydrogen-bond donors (Lipinski definition) is 2. The molecule has 2 unspecified atom stereocenters. The first kappa shape index (κ1) is 14.3. The maximum Gasteiger partial charge on any atom is 0.103 e. The topological polar surface area (TPSA) is 38.0 Å². The summed E-state index contributed by atoms with van der Waals surface area (Å²) >= 11 is 4.98. The molecule has 2 atom stereocenters. The molecule has 0 aliphatic heterocycles. The summed E-state index contributed by atoms with van der Waals surface area (Å²) in [6.45, 7) is 4.67. The number of rotatable bonds is 4. The quantitative estimate of drug-likeness (QED) is 0.818. The molecule has 2 rings (SSSR count). The minimum absolute atomic E-state index is 0.462. The van der Waals surface area contributed by atoms with Crippen molar-refractivity contribution in [1.29, 1.82) is 0 Å². The van der Waals surface area contributed by atoms with Crippen LogP contribution in [0.4, 0.5) is 5.69 Å². The summed E-state index contributed by atoms with van der Waals surface area (Å²) in [6.07, 6.45) is 5.34. The number of hydrogen-bond acceptors (Lipinski definition) is 2. The van der Waals surface area contributed by atoms with E-state index in [0.717, 1.165) is 17.4 Å². The number of nitrogens with two attached hydrogens (primary N) is 1. The van der Waals surface area contributed by atoms with Crippen LogP contribution in [0.3, 0.4) is 0 Å². The van der Waals surface area contributed by atoms with Crippen molar-refractivity contribution >= 4 is 22.9 Å². The molecule has 0 amide bonds. The summed E-state index contributed by atoms with van der Waals surface area (Å²) in [5, 5.41) is 3.69. The Bertz CT molecular complexity index is 425. The Morgan fingerprint density at radius 3 is 2.42 bits per heavy atom. The minimum Gasteiger partial charge on any atom is -0.389 e. The van der Waals surface area contributed by atoms with Crippen LogP contribution in [0.15, 0.2) is 24.3 Å². The molecular weight excluding hydrogens is 252 g/mol. The van der Waals surface area contributed by atoms with Crippen molar-refractivity contribution in [2.45, 2.75) is 45.6 Å². The van der Waals surface area contributed by atoms with Crippen molar-refractivity contribution in [2.24, 2.45) is 17.6 Å². The average molecular weight is 276 g/mol. The Labute approximate surface area is 121 Å². The van der Waals surface area contributed by atoms with E-state index in [4.69, 9.17) is 18.0 Å². The number of benzene rings is 1. The third-order valence-corrected chi connectivity index (χ3v) is 4.43. The van der Waals surface area contributed by atoms with Gasteiger partial charge >= 0.3 is 0 Å². The van der Waals surface area contributed by atoms with Crippen molar-refractivity contribution in [3.05, 3.63) is 29.8 Å². The predicted molar refractivity (Wildman–Crippen MR) is 86.5 cm³/mol. The van der Waals surface area contributed by atoms with Gasteiger partial charge in [-0.3, -0.25) is 0 Å². The molecule has 0 aromatic heterocycles. The van der Waals surface area contributed by atoms with Crippen LogP contribution in [0, 0.1) is 11.8 Å². The Kier molecular flexibility index (Phi) is 4.81. The van der Waals surface area contributed by atoms with Crippen LogP contribution in [-0.2, 0) is 0 Å². The molecule has 1 saturated carbocycles. The second kappa shape index (κ2) is 6.38. The van der Waals surface area contributed by atoms with Crippen LogP contribution < -0.4 is 11.1 Å². The monoisotopic (exact) mass is 276 g/mol. The molecule has 1 fully saturated rings. The number of anilines is 1. The van der Waals surface area contributed by atoms with Crippen molar-refractivity contribution in [3.8, 4) is 0 Å². The van der Waals surface area contributed by atoms with E-state index in [1.165, 1.54) is 31.4 Å². The smallest absolute Gasteiger partial charge is 0.103 e. The maximum absolute atomic E-state index is 5.62. The molecule has 2 nitrogen and oxygen atoms in total. The molecule has 104 valence electrons. The molecule has 0 radical (unpaired) electrons. The van der Waals surface area contributed by atoms with Gasteiger partial charge in [-0.15, -0.1) is 0 Å². The molecule has 0 bridgehead atoms. The fraction of sp³-hybridized carbons (Fsp3) is 0.562. The Morgan fingerprint density at radius 2 is 1.84 bits per heavy atom. The van der Waals surface area contributed by atoms with Gasteiger partial charge in [-0.2, -0.15) is 0 Å². The second-order valence-electron chi connectivity index (χ2n) is 5.88. The van der Waals surface area contributed by atoms with Crippen molar-refractivity contribution in [1.82, 2.24) is 0 Å². The summed E-state index contributed by atoms with van der Waals surface area (Å²) in [4.78, 5) is 0.462. The van der Waals surface area contributed by atoms with E-state index in [1.807, 2.05) is 12.1 Å². The van der Waals surface area contributed by atoms with Crippen molar-refractivity contribution in [3.63, 3.8) is 0 Å². The van der Waals surface area contributed by atoms with E-state index in [9.17, 15) is 0 Å². The van der Waals surface area contributed by atoms with Crippen molar-refractivity contribution in [2.75, 3.05) is 5.32 Å². The largest absolute Gasteiger partial charge is 0.389 e. The van der Waals surface area contributed by atoms with Gasteiger partial charge in [0, 0.05) is 17.3 Å². The molecule has 1 aliphatic rings. The van der Waals surface area contributed by atoms with E-state index in [2.05, 4.69) is 31.3 Å². The highest BCUT2D eigenvalue weighted by Gasteiger charge is 2.27. The van der Waals surface area contributed by atoms with Crippen LogP contribution in [0.1, 0.15) is 45.1 Å². The van der Waals surface area contributed by atoms with E-state index in [1.54, 1.807) is 0 Å². The molecular formula is C16H24N2S. The summed E-state index contributed by atoms with van der Waals surface area (Å²) in [6, 6.07) is 8.76. The molecule has 3 heteroatoms. The number of nitrogens with one attached hydrogen (secondary N) is 1. The normalized spacial score (nSPS) is 23.3. The summed E-state index contributed by atoms with van der Waals surface area (Å²) < 4.78 is 0. The first-order valence-electron chi connectivity index (χ1n) is 7.24. The zero-order chi connectivity index (χ0) is 13.8. The molecule has 19 heavy (non-hydrogen) atoms. The lowest BCUT2D eigenvalue weighted by Crippen LogP contribution is -2.35. The summed E-state index contributed by atoms with van der Waals surface area (Å²) in [5.41, 5.74) is 7.73. The van der Waals surface area contributed by atoms with E-state index in [0.29, 0.717) is 11.0 Å². The van der Waals surface area contributed by atoms with Gasteiger partial charge in [-0.1, -0.05) is 38.9 Å². The highest BCUT2D eigenvalue weighted by Crippen LogP contribution is 2.32. The molecule has 0 spiro atoms. The fourth-order valence-corrected chi connectivity index (χ4v) is 3.22. The zero-order valence-corrected chi connectivity index (χ0v) is 12.7. The van der Waals surface area contributed by atoms with Gasteiger partial charge in [-0.05, 0) is 48.9 Å². The second-order valence-corrected chi connectivity index (χ2v) is 6.32. The van der Waals surface area contributed by atoms with Gasteiger partial charge in [0.1, 0.15) is 4.99 Å². The number of thiocarbonyl (C=S) groups is 1. The van der Waals surface area contributed by atoms with Crippen LogP contribution in [0.5, 0.6) is 0 Å². The molecule has 0 heterocycles. The Balaban J connectivity index is 2.04. The summed E-state index contributed by atoms with van der Waals surface area (Å²) in [5.74, 6) is 1.53. The molecule has 3 N–H and O–H groups in total. The first-order chi connectivity index (χ1) is 9.08.